The van der Waals surface area contributed by atoms with Gasteiger partial charge in [-0.15, -0.1) is 0 Å². The van der Waals surface area contributed by atoms with E-state index in [0.717, 1.165) is 4.68 Å². The van der Waals surface area contributed by atoms with Gasteiger partial charge in [-0.05, 0) is 29.3 Å². The van der Waals surface area contributed by atoms with Crippen LogP contribution in [-0.2, 0) is 16.8 Å². The number of nitrogens with one attached hydrogen (secondary N) is 1. The first-order chi connectivity index (χ1) is 12.0. The summed E-state index contributed by atoms with van der Waals surface area (Å²) in [6.45, 7) is 0. The minimum absolute atomic E-state index is 0.104. The Balaban J connectivity index is 2.02. The molecule has 0 aliphatic rings. The fourth-order valence-electron chi connectivity index (χ4n) is 2.41. The molecule has 25 heavy (non-hydrogen) atoms. The summed E-state index contributed by atoms with van der Waals surface area (Å²) < 4.78 is 22.5. The van der Waals surface area contributed by atoms with Crippen molar-refractivity contribution in [3.8, 4) is 16.8 Å². The number of H-pyrrole nitrogens is 1. The second-order valence-electron chi connectivity index (χ2n) is 5.28. The van der Waals surface area contributed by atoms with Crippen LogP contribution in [0, 0.1) is 0 Å². The van der Waals surface area contributed by atoms with Gasteiger partial charge in [-0.1, -0.05) is 53.0 Å². The quantitative estimate of drug-likeness (QED) is 0.558. The Kier molecular flexibility index (Phi) is 4.98. The molecule has 6 nitrogen and oxygen atoms in total. The van der Waals surface area contributed by atoms with E-state index in [-0.39, 0.29) is 11.3 Å². The lowest BCUT2D eigenvalue weighted by molar-refractivity contribution is 0.536. The molecular formula is C17H12ClN2O4S-. The Morgan fingerprint density at radius 3 is 2.48 bits per heavy atom. The van der Waals surface area contributed by atoms with Gasteiger partial charge in [0.15, 0.2) is 0 Å². The predicted molar refractivity (Wildman–Crippen MR) is 95.7 cm³/mol. The highest BCUT2D eigenvalue weighted by Gasteiger charge is 2.10. The summed E-state index contributed by atoms with van der Waals surface area (Å²) >= 11 is 3.73. The molecule has 0 aliphatic heterocycles. The van der Waals surface area contributed by atoms with E-state index in [9.17, 15) is 18.4 Å². The van der Waals surface area contributed by atoms with Crippen LogP contribution in [0.4, 0.5) is 0 Å². The molecule has 0 saturated carbocycles. The van der Waals surface area contributed by atoms with E-state index in [1.54, 1.807) is 48.5 Å². The van der Waals surface area contributed by atoms with Gasteiger partial charge in [-0.25, -0.2) is 4.68 Å². The maximum atomic E-state index is 12.4. The molecule has 1 aromatic heterocycles. The summed E-state index contributed by atoms with van der Waals surface area (Å²) in [5.41, 5.74) is 0.383. The molecule has 2 aromatic carbocycles. The second kappa shape index (κ2) is 7.18. The van der Waals surface area contributed by atoms with Gasteiger partial charge in [0, 0.05) is 17.0 Å². The van der Waals surface area contributed by atoms with Crippen molar-refractivity contribution in [3.63, 3.8) is 0 Å². The molecule has 0 saturated heterocycles. The average molecular weight is 376 g/mol. The number of aromatic amines is 1. The van der Waals surface area contributed by atoms with Gasteiger partial charge in [-0.2, -0.15) is 0 Å². The molecule has 8 heteroatoms. The zero-order valence-corrected chi connectivity index (χ0v) is 14.3. The second-order valence-corrected chi connectivity index (χ2v) is 6.61. The summed E-state index contributed by atoms with van der Waals surface area (Å²) in [6.07, 6.45) is 1.44. The highest BCUT2D eigenvalue weighted by molar-refractivity contribution is 7.78. The Morgan fingerprint density at radius 1 is 1.12 bits per heavy atom. The molecule has 1 unspecified atom stereocenters. The lowest BCUT2D eigenvalue weighted by Crippen LogP contribution is -2.35. The predicted octanol–water partition coefficient (Wildman–Crippen LogP) is 2.23. The van der Waals surface area contributed by atoms with Crippen LogP contribution in [0.5, 0.6) is 0 Å². The fourth-order valence-corrected chi connectivity index (χ4v) is 3.06. The van der Waals surface area contributed by atoms with Crippen LogP contribution < -0.4 is 11.0 Å². The standard InChI is InChI=1S/C17H13ClN2O4S/c18-13-2-1-3-14(8-13)20-17(22)16(21)15(9-19-20)12-6-4-11(5-7-12)10-25(23)24/h1-9,19H,10H2,(H,23,24)/p-1. The Labute approximate surface area is 150 Å². The van der Waals surface area contributed by atoms with Crippen LogP contribution in [0.15, 0.2) is 64.3 Å². The Bertz CT molecular complexity index is 1060. The molecule has 1 heterocycles. The molecule has 3 aromatic rings. The average Bonchev–Trinajstić information content (AvgIpc) is 2.58. The number of aromatic nitrogens is 2. The number of hydrogen-bond acceptors (Lipinski definition) is 4. The number of halogens is 1. The number of hydrogen-bond donors (Lipinski definition) is 1. The van der Waals surface area contributed by atoms with Crippen LogP contribution >= 0.6 is 11.6 Å². The lowest BCUT2D eigenvalue weighted by atomic mass is 10.1. The van der Waals surface area contributed by atoms with Crippen molar-refractivity contribution in [1.29, 1.82) is 0 Å². The fraction of sp³-hybridized carbons (Fsp3) is 0.0588. The monoisotopic (exact) mass is 375 g/mol. The minimum Gasteiger partial charge on any atom is -0.772 e. The normalized spacial score (nSPS) is 12.1. The van der Waals surface area contributed by atoms with Crippen molar-refractivity contribution in [3.05, 3.63) is 85.9 Å². The minimum atomic E-state index is -2.18. The highest BCUT2D eigenvalue weighted by Crippen LogP contribution is 2.16. The van der Waals surface area contributed by atoms with Gasteiger partial charge in [0.2, 0.25) is 0 Å². The first-order valence-corrected chi connectivity index (χ1v) is 8.84. The van der Waals surface area contributed by atoms with Gasteiger partial charge < -0.3 is 4.55 Å². The lowest BCUT2D eigenvalue weighted by Gasteiger charge is -2.09. The van der Waals surface area contributed by atoms with E-state index in [1.807, 2.05) is 0 Å². The third kappa shape index (κ3) is 3.79. The van der Waals surface area contributed by atoms with Gasteiger partial charge in [-0.3, -0.25) is 18.9 Å². The van der Waals surface area contributed by atoms with Gasteiger partial charge >= 0.3 is 5.56 Å². The zero-order valence-electron chi connectivity index (χ0n) is 12.8. The van der Waals surface area contributed by atoms with E-state index in [0.29, 0.717) is 21.8 Å². The van der Waals surface area contributed by atoms with Crippen molar-refractivity contribution in [2.45, 2.75) is 5.75 Å². The SMILES string of the molecule is O=c1c(-c2ccc(CS(=O)[O-])cc2)c[nH]n(-c2cccc(Cl)c2)c1=O. The van der Waals surface area contributed by atoms with E-state index in [1.165, 1.54) is 6.20 Å². The van der Waals surface area contributed by atoms with Gasteiger partial charge in [0.25, 0.3) is 5.43 Å². The summed E-state index contributed by atoms with van der Waals surface area (Å²) in [7, 11) is 0. The summed E-state index contributed by atoms with van der Waals surface area (Å²) in [5, 5.41) is 3.23. The molecule has 0 spiro atoms. The first kappa shape index (κ1) is 17.3. The third-order valence-corrected chi connectivity index (χ3v) is 4.40. The highest BCUT2D eigenvalue weighted by atomic mass is 35.5. The molecule has 128 valence electrons. The van der Waals surface area contributed by atoms with Crippen molar-refractivity contribution in [1.82, 2.24) is 9.78 Å². The molecule has 0 radical (unpaired) electrons. The van der Waals surface area contributed by atoms with Crippen LogP contribution in [0.1, 0.15) is 5.56 Å². The molecule has 0 amide bonds. The van der Waals surface area contributed by atoms with Crippen molar-refractivity contribution in [2.75, 3.05) is 0 Å². The van der Waals surface area contributed by atoms with Gasteiger partial charge in [0.1, 0.15) is 0 Å². The number of benzene rings is 2. The van der Waals surface area contributed by atoms with Crippen LogP contribution in [-0.4, -0.2) is 18.5 Å². The summed E-state index contributed by atoms with van der Waals surface area (Å²) in [4.78, 5) is 24.8. The largest absolute Gasteiger partial charge is 0.772 e. The van der Waals surface area contributed by atoms with E-state index >= 15 is 0 Å². The smallest absolute Gasteiger partial charge is 0.318 e. The molecule has 0 aliphatic carbocycles. The third-order valence-electron chi connectivity index (χ3n) is 3.60. The zero-order chi connectivity index (χ0) is 18.0. The van der Waals surface area contributed by atoms with Gasteiger partial charge in [0.05, 0.1) is 11.3 Å². The molecular weight excluding hydrogens is 364 g/mol. The maximum absolute atomic E-state index is 12.4. The van der Waals surface area contributed by atoms with Crippen molar-refractivity contribution >= 4 is 22.7 Å². The molecule has 0 bridgehead atoms. The molecule has 1 N–H and O–H groups in total. The van der Waals surface area contributed by atoms with Crippen molar-refractivity contribution in [2.24, 2.45) is 0 Å². The van der Waals surface area contributed by atoms with E-state index in [4.69, 9.17) is 11.6 Å². The van der Waals surface area contributed by atoms with Crippen LogP contribution in [0.25, 0.3) is 16.8 Å². The number of rotatable bonds is 4. The van der Waals surface area contributed by atoms with E-state index in [2.05, 4.69) is 5.10 Å². The molecule has 3 rings (SSSR count). The molecule has 1 atom stereocenters. The first-order valence-electron chi connectivity index (χ1n) is 7.21. The molecule has 0 fully saturated rings. The number of nitrogens with zero attached hydrogens (tertiary/aromatic N) is 1. The summed E-state index contributed by atoms with van der Waals surface area (Å²) in [6, 6.07) is 13.0. The van der Waals surface area contributed by atoms with Crippen LogP contribution in [0.3, 0.4) is 0 Å². The van der Waals surface area contributed by atoms with Crippen molar-refractivity contribution < 1.29 is 8.76 Å². The van der Waals surface area contributed by atoms with Crippen LogP contribution in [0.2, 0.25) is 5.02 Å². The maximum Gasteiger partial charge on any atom is 0.318 e. The Morgan fingerprint density at radius 2 is 1.84 bits per heavy atom. The summed E-state index contributed by atoms with van der Waals surface area (Å²) in [5.74, 6) is -0.104. The Hall–Kier alpha value is -2.48. The van der Waals surface area contributed by atoms with E-state index < -0.39 is 22.1 Å². The topological polar surface area (TPSA) is 95.0 Å².